The van der Waals surface area contributed by atoms with Crippen LogP contribution < -0.4 is 0 Å². The van der Waals surface area contributed by atoms with Gasteiger partial charge in [0.1, 0.15) is 5.15 Å². The van der Waals surface area contributed by atoms with Gasteiger partial charge in [-0.3, -0.25) is 0 Å². The van der Waals surface area contributed by atoms with E-state index in [0.29, 0.717) is 10.8 Å². The first kappa shape index (κ1) is 8.97. The Morgan fingerprint density at radius 3 is 2.73 bits per heavy atom. The van der Waals surface area contributed by atoms with Gasteiger partial charge in [0.25, 0.3) is 0 Å². The number of aliphatic hydroxyl groups is 1. The van der Waals surface area contributed by atoms with Crippen LogP contribution in [0.1, 0.15) is 18.7 Å². The third-order valence-corrected chi connectivity index (χ3v) is 2.12. The number of nitrogens with zero attached hydrogens (tertiary/aromatic N) is 1. The van der Waals surface area contributed by atoms with Crippen molar-refractivity contribution >= 4 is 27.5 Å². The van der Waals surface area contributed by atoms with Crippen LogP contribution in [0.15, 0.2) is 16.6 Å². The highest BCUT2D eigenvalue weighted by atomic mass is 79.9. The predicted molar refractivity (Wildman–Crippen MR) is 47.6 cm³/mol. The van der Waals surface area contributed by atoms with E-state index in [0.717, 1.165) is 4.47 Å². The molecule has 0 unspecified atom stereocenters. The van der Waals surface area contributed by atoms with Crippen LogP contribution in [0.25, 0.3) is 0 Å². The summed E-state index contributed by atoms with van der Waals surface area (Å²) in [5.41, 5.74) is 0.567. The monoisotopic (exact) mass is 235 g/mol. The molecule has 4 heteroatoms. The van der Waals surface area contributed by atoms with Gasteiger partial charge >= 0.3 is 0 Å². The van der Waals surface area contributed by atoms with Crippen LogP contribution in [-0.4, -0.2) is 10.1 Å². The molecule has 0 fully saturated rings. The second-order valence-corrected chi connectivity index (χ2v) is 3.42. The van der Waals surface area contributed by atoms with Crippen molar-refractivity contribution in [2.24, 2.45) is 0 Å². The maximum atomic E-state index is 9.18. The molecule has 11 heavy (non-hydrogen) atoms. The summed E-state index contributed by atoms with van der Waals surface area (Å²) in [6, 6.07) is 3.43. The minimum Gasteiger partial charge on any atom is -0.387 e. The fourth-order valence-corrected chi connectivity index (χ4v) is 1.43. The van der Waals surface area contributed by atoms with Crippen LogP contribution in [0.2, 0.25) is 5.15 Å². The molecule has 1 aromatic heterocycles. The highest BCUT2D eigenvalue weighted by Crippen LogP contribution is 2.22. The van der Waals surface area contributed by atoms with Gasteiger partial charge in [-0.1, -0.05) is 11.6 Å². The van der Waals surface area contributed by atoms with Gasteiger partial charge in [-0.05, 0) is 35.0 Å². The van der Waals surface area contributed by atoms with Gasteiger partial charge < -0.3 is 5.11 Å². The van der Waals surface area contributed by atoms with Gasteiger partial charge in [-0.15, -0.1) is 0 Å². The zero-order chi connectivity index (χ0) is 8.43. The van der Waals surface area contributed by atoms with E-state index in [1.165, 1.54) is 0 Å². The lowest BCUT2D eigenvalue weighted by atomic mass is 10.2. The van der Waals surface area contributed by atoms with Crippen LogP contribution in [0.5, 0.6) is 0 Å². The first-order chi connectivity index (χ1) is 5.11. The Morgan fingerprint density at radius 2 is 2.27 bits per heavy atom. The second kappa shape index (κ2) is 3.52. The van der Waals surface area contributed by atoms with Crippen LogP contribution in [0.3, 0.4) is 0 Å². The van der Waals surface area contributed by atoms with Crippen LogP contribution in [0.4, 0.5) is 0 Å². The Labute approximate surface area is 78.3 Å². The third-order valence-electron chi connectivity index (χ3n) is 1.23. The maximum Gasteiger partial charge on any atom is 0.129 e. The number of hydrogen-bond donors (Lipinski definition) is 1. The molecule has 0 radical (unpaired) electrons. The maximum absolute atomic E-state index is 9.18. The van der Waals surface area contributed by atoms with E-state index in [1.807, 2.05) is 0 Å². The molecule has 1 N–H and O–H groups in total. The van der Waals surface area contributed by atoms with Crippen molar-refractivity contribution in [3.63, 3.8) is 0 Å². The second-order valence-electron chi connectivity index (χ2n) is 2.18. The molecule has 1 aromatic rings. The molecule has 1 heterocycles. The summed E-state index contributed by atoms with van der Waals surface area (Å²) in [5, 5.41) is 9.57. The highest BCUT2D eigenvalue weighted by Gasteiger charge is 2.07. The lowest BCUT2D eigenvalue weighted by molar-refractivity contribution is 0.193. The normalized spacial score (nSPS) is 13.1. The summed E-state index contributed by atoms with van der Waals surface area (Å²) in [5.74, 6) is 0. The number of aliphatic hydroxyl groups excluding tert-OH is 1. The molecule has 0 aliphatic heterocycles. The van der Waals surface area contributed by atoms with E-state index in [9.17, 15) is 5.11 Å². The quantitative estimate of drug-likeness (QED) is 0.760. The number of hydrogen-bond acceptors (Lipinski definition) is 2. The van der Waals surface area contributed by atoms with E-state index in [-0.39, 0.29) is 0 Å². The average molecular weight is 236 g/mol. The first-order valence-electron chi connectivity index (χ1n) is 3.11. The van der Waals surface area contributed by atoms with Crippen molar-refractivity contribution in [1.29, 1.82) is 0 Å². The molecular formula is C7H7BrClNO. The standard InChI is InChI=1S/C7H7BrClNO/c1-4(11)7-5(8)2-3-6(9)10-7/h2-4,11H,1H3/t4-/m1/s1. The van der Waals surface area contributed by atoms with E-state index in [4.69, 9.17) is 11.6 Å². The van der Waals surface area contributed by atoms with Gasteiger partial charge in [0.2, 0.25) is 0 Å². The van der Waals surface area contributed by atoms with Gasteiger partial charge in [-0.25, -0.2) is 4.98 Å². The lowest BCUT2D eigenvalue weighted by Crippen LogP contribution is -1.96. The Kier molecular flexibility index (Phi) is 2.87. The number of aromatic nitrogens is 1. The Balaban J connectivity index is 3.13. The lowest BCUT2D eigenvalue weighted by Gasteiger charge is -2.05. The van der Waals surface area contributed by atoms with E-state index >= 15 is 0 Å². The largest absolute Gasteiger partial charge is 0.387 e. The molecular weight excluding hydrogens is 229 g/mol. The molecule has 0 aliphatic carbocycles. The Morgan fingerprint density at radius 1 is 1.64 bits per heavy atom. The molecule has 0 aromatic carbocycles. The van der Waals surface area contributed by atoms with E-state index < -0.39 is 6.10 Å². The smallest absolute Gasteiger partial charge is 0.129 e. The molecule has 0 saturated heterocycles. The first-order valence-corrected chi connectivity index (χ1v) is 4.28. The summed E-state index contributed by atoms with van der Waals surface area (Å²) in [7, 11) is 0. The third kappa shape index (κ3) is 2.15. The van der Waals surface area contributed by atoms with Crippen molar-refractivity contribution in [2.45, 2.75) is 13.0 Å². The van der Waals surface area contributed by atoms with Crippen LogP contribution in [0, 0.1) is 0 Å². The summed E-state index contributed by atoms with van der Waals surface area (Å²) in [6.45, 7) is 1.64. The van der Waals surface area contributed by atoms with Gasteiger partial charge in [0, 0.05) is 4.47 Å². The van der Waals surface area contributed by atoms with Gasteiger partial charge in [-0.2, -0.15) is 0 Å². The molecule has 0 bridgehead atoms. The summed E-state index contributed by atoms with van der Waals surface area (Å²) >= 11 is 8.87. The van der Waals surface area contributed by atoms with E-state index in [1.54, 1.807) is 19.1 Å². The fraction of sp³-hybridized carbons (Fsp3) is 0.286. The number of pyridine rings is 1. The molecule has 2 nitrogen and oxygen atoms in total. The summed E-state index contributed by atoms with van der Waals surface area (Å²) in [4.78, 5) is 3.94. The van der Waals surface area contributed by atoms with Crippen LogP contribution >= 0.6 is 27.5 Å². The Hall–Kier alpha value is -0.120. The van der Waals surface area contributed by atoms with Gasteiger partial charge in [0.15, 0.2) is 0 Å². The molecule has 0 amide bonds. The van der Waals surface area contributed by atoms with Crippen molar-refractivity contribution < 1.29 is 5.11 Å². The molecule has 1 rings (SSSR count). The highest BCUT2D eigenvalue weighted by molar-refractivity contribution is 9.10. The minimum absolute atomic E-state index is 0.393. The molecule has 0 aliphatic rings. The van der Waals surface area contributed by atoms with Crippen molar-refractivity contribution in [2.75, 3.05) is 0 Å². The molecule has 1 atom stereocenters. The Bertz CT molecular complexity index is 265. The number of rotatable bonds is 1. The SMILES string of the molecule is C[C@@H](O)c1nc(Cl)ccc1Br. The predicted octanol–water partition coefficient (Wildman–Crippen LogP) is 2.55. The van der Waals surface area contributed by atoms with Crippen molar-refractivity contribution in [3.8, 4) is 0 Å². The van der Waals surface area contributed by atoms with Crippen LogP contribution in [-0.2, 0) is 0 Å². The van der Waals surface area contributed by atoms with Crippen molar-refractivity contribution in [1.82, 2.24) is 4.98 Å². The summed E-state index contributed by atoms with van der Waals surface area (Å²) < 4.78 is 0.775. The average Bonchev–Trinajstić information content (AvgIpc) is 1.94. The topological polar surface area (TPSA) is 33.1 Å². The van der Waals surface area contributed by atoms with Gasteiger partial charge in [0.05, 0.1) is 11.8 Å². The summed E-state index contributed by atoms with van der Waals surface area (Å²) in [6.07, 6.45) is -0.594. The minimum atomic E-state index is -0.594. The molecule has 0 spiro atoms. The number of halogens is 2. The fourth-order valence-electron chi connectivity index (χ4n) is 0.726. The molecule has 0 saturated carbocycles. The molecule has 60 valence electrons. The zero-order valence-corrected chi connectivity index (χ0v) is 8.22. The van der Waals surface area contributed by atoms with E-state index in [2.05, 4.69) is 20.9 Å². The van der Waals surface area contributed by atoms with Crippen molar-refractivity contribution in [3.05, 3.63) is 27.5 Å². The zero-order valence-electron chi connectivity index (χ0n) is 5.88.